The predicted molar refractivity (Wildman–Crippen MR) is 119 cm³/mol. The van der Waals surface area contributed by atoms with Crippen LogP contribution in [0.15, 0.2) is 59.8 Å². The van der Waals surface area contributed by atoms with Gasteiger partial charge in [-0.15, -0.1) is 5.10 Å². The number of hydrogen-bond acceptors (Lipinski definition) is 7. The number of carbonyl (C=O) groups is 1. The quantitative estimate of drug-likeness (QED) is 0.662. The molecule has 8 nitrogen and oxygen atoms in total. The molecule has 1 aliphatic rings. The number of hydrogen-bond donors (Lipinski definition) is 2. The largest absolute Gasteiger partial charge is 0.445 e. The number of nitrogens with two attached hydrogens (primary N) is 1. The zero-order valence-electron chi connectivity index (χ0n) is 17.7. The maximum Gasteiger partial charge on any atom is 0.263 e. The molecule has 3 aromatic rings. The van der Waals surface area contributed by atoms with Crippen LogP contribution in [0, 0.1) is 0 Å². The smallest absolute Gasteiger partial charge is 0.263 e. The monoisotopic (exact) mass is 416 g/mol. The summed E-state index contributed by atoms with van der Waals surface area (Å²) in [6.07, 6.45) is 2.13. The zero-order chi connectivity index (χ0) is 22.0. The highest BCUT2D eigenvalue weighted by Crippen LogP contribution is 2.32. The second-order valence-corrected chi connectivity index (χ2v) is 7.15. The fourth-order valence-corrected chi connectivity index (χ4v) is 3.50. The fraction of sp³-hybridized carbons (Fsp3) is 0.217. The third-order valence-electron chi connectivity index (χ3n) is 5.19. The molecule has 8 heteroatoms. The highest BCUT2D eigenvalue weighted by molar-refractivity contribution is 5.97. The number of ether oxygens (including phenoxy) is 1. The number of aromatic nitrogens is 2. The van der Waals surface area contributed by atoms with Crippen LogP contribution in [0.3, 0.4) is 0 Å². The Kier molecular flexibility index (Phi) is 5.53. The van der Waals surface area contributed by atoms with Gasteiger partial charge in [-0.2, -0.15) is 0 Å². The van der Waals surface area contributed by atoms with Crippen molar-refractivity contribution < 1.29 is 9.53 Å². The predicted octanol–water partition coefficient (Wildman–Crippen LogP) is 2.97. The number of aryl methyl sites for hydroxylation is 1. The summed E-state index contributed by atoms with van der Waals surface area (Å²) in [5.41, 5.74) is 10.7. The van der Waals surface area contributed by atoms with E-state index in [0.29, 0.717) is 22.8 Å². The minimum atomic E-state index is -0.358. The molecular weight excluding hydrogens is 392 g/mol. The molecule has 1 aromatic heterocycles. The summed E-state index contributed by atoms with van der Waals surface area (Å²) in [5, 5.41) is 8.89. The molecule has 1 aliphatic heterocycles. The lowest BCUT2D eigenvalue weighted by Crippen LogP contribution is -2.18. The molecule has 0 bridgehead atoms. The molecule has 0 saturated carbocycles. The average molecular weight is 416 g/mol. The number of benzene rings is 2. The fourth-order valence-electron chi connectivity index (χ4n) is 3.50. The van der Waals surface area contributed by atoms with Gasteiger partial charge in [-0.1, -0.05) is 43.3 Å². The first-order valence-electron chi connectivity index (χ1n) is 10.0. The van der Waals surface area contributed by atoms with Crippen LogP contribution in [0.2, 0.25) is 0 Å². The van der Waals surface area contributed by atoms with Gasteiger partial charge in [0.2, 0.25) is 6.23 Å². The van der Waals surface area contributed by atoms with E-state index >= 15 is 0 Å². The van der Waals surface area contributed by atoms with E-state index in [-0.39, 0.29) is 18.0 Å². The molecular formula is C23H24N6O2. The van der Waals surface area contributed by atoms with E-state index in [0.717, 1.165) is 17.5 Å². The molecule has 0 aliphatic carbocycles. The number of rotatable bonds is 5. The van der Waals surface area contributed by atoms with Crippen LogP contribution in [-0.4, -0.2) is 40.9 Å². The van der Waals surface area contributed by atoms with E-state index in [4.69, 9.17) is 10.5 Å². The van der Waals surface area contributed by atoms with E-state index < -0.39 is 0 Å². The molecule has 1 unspecified atom stereocenters. The highest BCUT2D eigenvalue weighted by atomic mass is 16.5. The lowest BCUT2D eigenvalue weighted by molar-refractivity contribution is 0.0770. The van der Waals surface area contributed by atoms with Gasteiger partial charge in [0.1, 0.15) is 0 Å². The Balaban J connectivity index is 1.63. The molecule has 0 saturated heterocycles. The van der Waals surface area contributed by atoms with Gasteiger partial charge in [0.25, 0.3) is 11.8 Å². The molecule has 0 radical (unpaired) electrons. The van der Waals surface area contributed by atoms with Crippen LogP contribution in [-0.2, 0) is 11.2 Å². The van der Waals surface area contributed by atoms with Crippen molar-refractivity contribution in [3.8, 4) is 11.3 Å². The van der Waals surface area contributed by atoms with Gasteiger partial charge in [0.05, 0.1) is 11.9 Å². The normalized spacial score (nSPS) is 15.4. The Bertz CT molecular complexity index is 1140. The van der Waals surface area contributed by atoms with Crippen molar-refractivity contribution >= 4 is 17.6 Å². The maximum atomic E-state index is 11.8. The molecule has 0 fully saturated rings. The van der Waals surface area contributed by atoms with Crippen molar-refractivity contribution in [2.45, 2.75) is 19.6 Å². The number of hydrazone groups is 1. The first-order valence-corrected chi connectivity index (χ1v) is 10.0. The third kappa shape index (κ3) is 3.92. The number of amides is 1. The maximum absolute atomic E-state index is 11.8. The van der Waals surface area contributed by atoms with Gasteiger partial charge < -0.3 is 15.8 Å². The Hall–Kier alpha value is -3.94. The van der Waals surface area contributed by atoms with Crippen molar-refractivity contribution in [2.75, 3.05) is 19.8 Å². The lowest BCUT2D eigenvalue weighted by atomic mass is 10.0. The number of anilines is 1. The van der Waals surface area contributed by atoms with Crippen LogP contribution >= 0.6 is 0 Å². The zero-order valence-corrected chi connectivity index (χ0v) is 17.7. The van der Waals surface area contributed by atoms with Gasteiger partial charge in [-0.25, -0.2) is 9.97 Å². The Morgan fingerprint density at radius 3 is 2.65 bits per heavy atom. The third-order valence-corrected chi connectivity index (χ3v) is 5.19. The van der Waals surface area contributed by atoms with Crippen molar-refractivity contribution in [3.05, 3.63) is 77.1 Å². The number of nitrogens with zero attached hydrogens (tertiary/aromatic N) is 4. The summed E-state index contributed by atoms with van der Waals surface area (Å²) in [4.78, 5) is 20.7. The second-order valence-electron chi connectivity index (χ2n) is 7.15. The molecule has 4 rings (SSSR count). The Morgan fingerprint density at radius 2 is 1.94 bits per heavy atom. The van der Waals surface area contributed by atoms with Crippen molar-refractivity contribution in [2.24, 2.45) is 5.10 Å². The van der Waals surface area contributed by atoms with E-state index in [2.05, 4.69) is 33.4 Å². The molecule has 1 amide bonds. The summed E-state index contributed by atoms with van der Waals surface area (Å²) in [7, 11) is 3.45. The van der Waals surface area contributed by atoms with Gasteiger partial charge in [0.15, 0.2) is 11.5 Å². The minimum Gasteiger partial charge on any atom is -0.445 e. The summed E-state index contributed by atoms with van der Waals surface area (Å²) >= 11 is 0. The second kappa shape index (κ2) is 8.43. The van der Waals surface area contributed by atoms with Gasteiger partial charge in [0, 0.05) is 30.8 Å². The van der Waals surface area contributed by atoms with Crippen LogP contribution < -0.4 is 11.1 Å². The highest BCUT2D eigenvalue weighted by Gasteiger charge is 2.31. The van der Waals surface area contributed by atoms with Gasteiger partial charge in [-0.3, -0.25) is 9.80 Å². The Labute approximate surface area is 180 Å². The summed E-state index contributed by atoms with van der Waals surface area (Å²) in [6, 6.07) is 15.2. The van der Waals surface area contributed by atoms with Crippen molar-refractivity contribution in [1.29, 1.82) is 0 Å². The molecule has 158 valence electrons. The molecule has 2 heterocycles. The molecule has 0 spiro atoms. The standard InChI is InChI=1S/C23H24N6O2/c1-4-14-7-5-6-8-17(14)23-29(3)28-22(31-23)19-20(24)26-13-18(27-19)15-9-11-16(12-10-15)21(30)25-2/h5-13,23H,4H2,1-3H3,(H2,24,26)(H,25,30). The van der Waals surface area contributed by atoms with Gasteiger partial charge in [-0.05, 0) is 24.1 Å². The van der Waals surface area contributed by atoms with E-state index in [1.807, 2.05) is 37.4 Å². The summed E-state index contributed by atoms with van der Waals surface area (Å²) < 4.78 is 6.17. The van der Waals surface area contributed by atoms with E-state index in [9.17, 15) is 4.79 Å². The van der Waals surface area contributed by atoms with E-state index in [1.54, 1.807) is 30.4 Å². The lowest BCUT2D eigenvalue weighted by Gasteiger charge is -2.20. The van der Waals surface area contributed by atoms with Crippen molar-refractivity contribution in [1.82, 2.24) is 20.3 Å². The first kappa shape index (κ1) is 20.3. The number of carbonyl (C=O) groups excluding carboxylic acids is 1. The van der Waals surface area contributed by atoms with Crippen molar-refractivity contribution in [3.63, 3.8) is 0 Å². The Morgan fingerprint density at radius 1 is 1.19 bits per heavy atom. The summed E-state index contributed by atoms with van der Waals surface area (Å²) in [6.45, 7) is 2.11. The van der Waals surface area contributed by atoms with Crippen LogP contribution in [0.25, 0.3) is 11.3 Å². The molecule has 3 N–H and O–H groups in total. The first-order chi connectivity index (χ1) is 15.0. The SMILES string of the molecule is CCc1ccccc1C1OC(c2nc(-c3ccc(C(=O)NC)cc3)cnc2N)=NN1C. The van der Waals surface area contributed by atoms with E-state index in [1.165, 1.54) is 5.56 Å². The van der Waals surface area contributed by atoms with Crippen LogP contribution in [0.1, 0.15) is 40.3 Å². The van der Waals surface area contributed by atoms with Crippen LogP contribution in [0.5, 0.6) is 0 Å². The average Bonchev–Trinajstić information content (AvgIpc) is 3.20. The molecule has 1 atom stereocenters. The summed E-state index contributed by atoms with van der Waals surface area (Å²) in [5.74, 6) is 0.417. The molecule has 2 aromatic carbocycles. The number of nitrogens with one attached hydrogen (secondary N) is 1. The van der Waals surface area contributed by atoms with Gasteiger partial charge >= 0.3 is 0 Å². The topological polar surface area (TPSA) is 106 Å². The number of nitrogen functional groups attached to an aromatic ring is 1. The molecule has 31 heavy (non-hydrogen) atoms. The minimum absolute atomic E-state index is 0.147. The van der Waals surface area contributed by atoms with Crippen LogP contribution in [0.4, 0.5) is 5.82 Å².